The third kappa shape index (κ3) is 7.57. The van der Waals surface area contributed by atoms with Crippen LogP contribution in [0.15, 0.2) is 24.4 Å². The molecule has 2 N–H and O–H groups in total. The second-order valence-electron chi connectivity index (χ2n) is 9.41. The fourth-order valence-corrected chi connectivity index (χ4v) is 4.93. The summed E-state index contributed by atoms with van der Waals surface area (Å²) in [6.07, 6.45) is 17.0. The lowest BCUT2D eigenvalue weighted by Gasteiger charge is -2.35. The Morgan fingerprint density at radius 3 is 2.62 bits per heavy atom. The Morgan fingerprint density at radius 1 is 1.09 bits per heavy atom. The molecule has 176 valence electrons. The van der Waals surface area contributed by atoms with Crippen molar-refractivity contribution in [1.29, 1.82) is 0 Å². The highest BCUT2D eigenvalue weighted by Gasteiger charge is 2.23. The molecule has 1 atom stereocenters. The average Bonchev–Trinajstić information content (AvgIpc) is 2.85. The molecule has 7 nitrogen and oxygen atoms in total. The summed E-state index contributed by atoms with van der Waals surface area (Å²) in [7, 11) is 0. The molecule has 1 aromatic heterocycles. The normalized spacial score (nSPS) is 23.9. The molecular formula is C25H38N4O3. The van der Waals surface area contributed by atoms with Crippen LogP contribution in [0.4, 0.5) is 5.82 Å². The first kappa shape index (κ1) is 23.2. The van der Waals surface area contributed by atoms with E-state index in [9.17, 15) is 4.79 Å². The number of amides is 1. The molecule has 3 aliphatic rings. The second-order valence-corrected chi connectivity index (χ2v) is 9.41. The van der Waals surface area contributed by atoms with E-state index in [1.165, 1.54) is 70.7 Å². The number of nitrogens with one attached hydrogen (secondary N) is 2. The maximum atomic E-state index is 11.9. The van der Waals surface area contributed by atoms with Crippen LogP contribution in [0.2, 0.25) is 0 Å². The second kappa shape index (κ2) is 12.3. The lowest BCUT2D eigenvalue weighted by Crippen LogP contribution is -2.41. The number of aromatic nitrogens is 1. The van der Waals surface area contributed by atoms with Crippen molar-refractivity contribution in [3.8, 4) is 0 Å². The number of hydrogen-bond donors (Lipinski definition) is 2. The van der Waals surface area contributed by atoms with Crippen molar-refractivity contribution in [3.05, 3.63) is 30.0 Å². The van der Waals surface area contributed by atoms with E-state index in [-0.39, 0.29) is 12.2 Å². The molecule has 2 saturated heterocycles. The molecule has 0 aromatic carbocycles. The minimum Gasteiger partial charge on any atom is -0.367 e. The number of ether oxygens (including phenoxy) is 1. The van der Waals surface area contributed by atoms with E-state index in [1.54, 1.807) is 12.3 Å². The minimum absolute atomic E-state index is 0.304. The van der Waals surface area contributed by atoms with Crippen molar-refractivity contribution in [2.75, 3.05) is 31.6 Å². The Morgan fingerprint density at radius 2 is 1.91 bits per heavy atom. The van der Waals surface area contributed by atoms with Gasteiger partial charge in [-0.1, -0.05) is 19.3 Å². The molecule has 1 amide bonds. The van der Waals surface area contributed by atoms with Gasteiger partial charge in [0, 0.05) is 51.0 Å². The summed E-state index contributed by atoms with van der Waals surface area (Å²) in [4.78, 5) is 24.4. The number of pyridine rings is 1. The number of hydrogen-bond acceptors (Lipinski definition) is 6. The van der Waals surface area contributed by atoms with Crippen molar-refractivity contribution >= 4 is 17.8 Å². The summed E-state index contributed by atoms with van der Waals surface area (Å²) in [5.74, 6) is 1.52. The van der Waals surface area contributed by atoms with Crippen LogP contribution in [0.3, 0.4) is 0 Å². The Labute approximate surface area is 191 Å². The Balaban J connectivity index is 1.14. The van der Waals surface area contributed by atoms with Gasteiger partial charge in [0.1, 0.15) is 5.82 Å². The number of carbonyl (C=O) groups is 1. The molecule has 3 fully saturated rings. The summed E-state index contributed by atoms with van der Waals surface area (Å²) in [5, 5.41) is 3.58. The standard InChI is InChI=1S/C25H38N4O3/c30-24(28-32-25-8-4-5-17-31-25)12-10-20-9-11-23(26-18-20)27-22-13-15-29(16-14-22)19-21-6-2-1-3-7-21/h9-12,18,21-22,25H,1-8,13-17,19H2,(H,26,27)(H,28,30). The lowest BCUT2D eigenvalue weighted by atomic mass is 9.88. The molecule has 1 saturated carbocycles. The summed E-state index contributed by atoms with van der Waals surface area (Å²) in [6.45, 7) is 4.33. The van der Waals surface area contributed by atoms with Crippen molar-refractivity contribution in [2.24, 2.45) is 5.92 Å². The van der Waals surface area contributed by atoms with Crippen LogP contribution in [0.25, 0.3) is 6.08 Å². The van der Waals surface area contributed by atoms with Gasteiger partial charge in [0.15, 0.2) is 6.29 Å². The highest BCUT2D eigenvalue weighted by molar-refractivity contribution is 5.90. The van der Waals surface area contributed by atoms with E-state index in [1.807, 2.05) is 12.1 Å². The number of carbonyl (C=O) groups excluding carboxylic acids is 1. The topological polar surface area (TPSA) is 75.7 Å². The summed E-state index contributed by atoms with van der Waals surface area (Å²) < 4.78 is 5.43. The number of likely N-dealkylation sites (tertiary alicyclic amines) is 1. The van der Waals surface area contributed by atoms with E-state index in [0.29, 0.717) is 12.6 Å². The van der Waals surface area contributed by atoms with Gasteiger partial charge in [0.2, 0.25) is 0 Å². The Bertz CT molecular complexity index is 719. The fourth-order valence-electron chi connectivity index (χ4n) is 4.93. The zero-order chi connectivity index (χ0) is 22.0. The highest BCUT2D eigenvalue weighted by atomic mass is 16.8. The van der Waals surface area contributed by atoms with Gasteiger partial charge in [0.25, 0.3) is 5.91 Å². The number of piperidine rings is 1. The Hall–Kier alpha value is -1.96. The molecule has 0 bridgehead atoms. The predicted molar refractivity (Wildman–Crippen MR) is 126 cm³/mol. The van der Waals surface area contributed by atoms with Gasteiger partial charge in [-0.3, -0.25) is 4.79 Å². The van der Waals surface area contributed by atoms with Gasteiger partial charge < -0.3 is 15.0 Å². The van der Waals surface area contributed by atoms with Crippen molar-refractivity contribution < 1.29 is 14.4 Å². The summed E-state index contributed by atoms with van der Waals surface area (Å²) in [5.41, 5.74) is 3.31. The fraction of sp³-hybridized carbons (Fsp3) is 0.680. The maximum absolute atomic E-state index is 11.9. The van der Waals surface area contributed by atoms with Gasteiger partial charge in [-0.15, -0.1) is 0 Å². The van der Waals surface area contributed by atoms with Crippen LogP contribution in [-0.2, 0) is 14.4 Å². The SMILES string of the molecule is O=C(C=Cc1ccc(NC2CCN(CC3CCCCC3)CC2)nc1)NOC1CCCCO1. The maximum Gasteiger partial charge on any atom is 0.267 e. The number of rotatable bonds is 8. The van der Waals surface area contributed by atoms with Crippen LogP contribution < -0.4 is 10.8 Å². The molecule has 2 aliphatic heterocycles. The average molecular weight is 443 g/mol. The number of anilines is 1. The first-order chi connectivity index (χ1) is 15.7. The van der Waals surface area contributed by atoms with Gasteiger partial charge >= 0.3 is 0 Å². The minimum atomic E-state index is -0.341. The molecule has 4 rings (SSSR count). The first-order valence-electron chi connectivity index (χ1n) is 12.4. The van der Waals surface area contributed by atoms with Crippen LogP contribution >= 0.6 is 0 Å². The van der Waals surface area contributed by atoms with Crippen LogP contribution in [0.5, 0.6) is 0 Å². The molecule has 3 heterocycles. The largest absolute Gasteiger partial charge is 0.367 e. The predicted octanol–water partition coefficient (Wildman–Crippen LogP) is 4.13. The zero-order valence-electron chi connectivity index (χ0n) is 19.1. The van der Waals surface area contributed by atoms with Crippen molar-refractivity contribution in [3.63, 3.8) is 0 Å². The van der Waals surface area contributed by atoms with Gasteiger partial charge in [0.05, 0.1) is 0 Å². The molecule has 1 aliphatic carbocycles. The lowest BCUT2D eigenvalue weighted by molar-refractivity contribution is -0.198. The van der Waals surface area contributed by atoms with Gasteiger partial charge in [-0.25, -0.2) is 15.3 Å². The van der Waals surface area contributed by atoms with E-state index >= 15 is 0 Å². The molecule has 7 heteroatoms. The third-order valence-electron chi connectivity index (χ3n) is 6.82. The molecule has 0 spiro atoms. The zero-order valence-corrected chi connectivity index (χ0v) is 19.1. The highest BCUT2D eigenvalue weighted by Crippen LogP contribution is 2.26. The third-order valence-corrected chi connectivity index (χ3v) is 6.82. The van der Waals surface area contributed by atoms with Crippen molar-refractivity contribution in [1.82, 2.24) is 15.4 Å². The van der Waals surface area contributed by atoms with Crippen molar-refractivity contribution in [2.45, 2.75) is 76.5 Å². The molecular weight excluding hydrogens is 404 g/mol. The van der Waals surface area contributed by atoms with E-state index < -0.39 is 0 Å². The van der Waals surface area contributed by atoms with E-state index in [4.69, 9.17) is 9.57 Å². The number of hydroxylamine groups is 1. The summed E-state index contributed by atoms with van der Waals surface area (Å²) in [6, 6.07) is 4.44. The summed E-state index contributed by atoms with van der Waals surface area (Å²) >= 11 is 0. The molecule has 1 unspecified atom stereocenters. The van der Waals surface area contributed by atoms with Crippen LogP contribution in [-0.4, -0.2) is 54.4 Å². The van der Waals surface area contributed by atoms with E-state index in [2.05, 4.69) is 20.7 Å². The quantitative estimate of drug-likeness (QED) is 0.466. The molecule has 32 heavy (non-hydrogen) atoms. The number of nitrogens with zero attached hydrogens (tertiary/aromatic N) is 2. The molecule has 1 aromatic rings. The smallest absolute Gasteiger partial charge is 0.267 e. The van der Waals surface area contributed by atoms with Gasteiger partial charge in [-0.2, -0.15) is 0 Å². The monoisotopic (exact) mass is 442 g/mol. The van der Waals surface area contributed by atoms with Crippen LogP contribution in [0.1, 0.15) is 69.8 Å². The van der Waals surface area contributed by atoms with Gasteiger partial charge in [-0.05, 0) is 68.2 Å². The van der Waals surface area contributed by atoms with E-state index in [0.717, 1.165) is 36.6 Å². The Kier molecular flexibility index (Phi) is 8.94. The first-order valence-corrected chi connectivity index (χ1v) is 12.4. The van der Waals surface area contributed by atoms with Crippen LogP contribution in [0, 0.1) is 5.92 Å². The molecule has 0 radical (unpaired) electrons.